The van der Waals surface area contributed by atoms with Crippen LogP contribution in [-0.4, -0.2) is 11.3 Å². The molecule has 12 heavy (non-hydrogen) atoms. The van der Waals surface area contributed by atoms with Crippen LogP contribution in [0.4, 0.5) is 0 Å². The van der Waals surface area contributed by atoms with Crippen molar-refractivity contribution in [2.24, 2.45) is 17.1 Å². The van der Waals surface area contributed by atoms with E-state index in [4.69, 9.17) is 5.73 Å². The summed E-state index contributed by atoms with van der Waals surface area (Å²) in [5, 5.41) is 0. The van der Waals surface area contributed by atoms with Gasteiger partial charge in [-0.2, -0.15) is 0 Å². The monoisotopic (exact) mass is 171 g/mol. The van der Waals surface area contributed by atoms with Gasteiger partial charge in [-0.3, -0.25) is 4.79 Å². The molecular formula is C10H21NO. The average molecular weight is 171 g/mol. The van der Waals surface area contributed by atoms with Crippen LogP contribution in [0.5, 0.6) is 0 Å². The molecule has 0 aliphatic carbocycles. The second-order valence-corrected chi connectivity index (χ2v) is 5.23. The highest BCUT2D eigenvalue weighted by Gasteiger charge is 2.38. The summed E-state index contributed by atoms with van der Waals surface area (Å²) in [4.78, 5) is 11.4. The normalized spacial score (nSPS) is 15.9. The number of ketones is 1. The molecule has 0 saturated heterocycles. The van der Waals surface area contributed by atoms with E-state index in [9.17, 15) is 4.79 Å². The van der Waals surface area contributed by atoms with Crippen LogP contribution in [0.25, 0.3) is 0 Å². The first-order valence-corrected chi connectivity index (χ1v) is 4.36. The average Bonchev–Trinajstić information content (AvgIpc) is 1.49. The van der Waals surface area contributed by atoms with Gasteiger partial charge in [-0.05, 0) is 26.2 Å². The summed E-state index contributed by atoms with van der Waals surface area (Å²) in [5.74, 6) is 0.0972. The predicted molar refractivity (Wildman–Crippen MR) is 51.9 cm³/mol. The van der Waals surface area contributed by atoms with Crippen molar-refractivity contribution in [2.75, 3.05) is 0 Å². The van der Waals surface area contributed by atoms with Crippen molar-refractivity contribution in [3.05, 3.63) is 0 Å². The molecule has 0 radical (unpaired) electrons. The molecule has 0 aromatic rings. The zero-order chi connectivity index (χ0) is 10.2. The minimum atomic E-state index is -0.427. The van der Waals surface area contributed by atoms with Crippen LogP contribution < -0.4 is 5.73 Å². The van der Waals surface area contributed by atoms with Crippen LogP contribution in [0.1, 0.15) is 41.5 Å². The lowest BCUT2D eigenvalue weighted by atomic mass is 9.69. The van der Waals surface area contributed by atoms with Gasteiger partial charge in [0.25, 0.3) is 0 Å². The van der Waals surface area contributed by atoms with Crippen molar-refractivity contribution in [3.63, 3.8) is 0 Å². The zero-order valence-corrected chi connectivity index (χ0v) is 9.06. The van der Waals surface area contributed by atoms with Gasteiger partial charge in [-0.15, -0.1) is 0 Å². The number of Topliss-reactive ketones (excluding diaryl/α,β-unsaturated/α-hetero) is 1. The Morgan fingerprint density at radius 2 is 1.50 bits per heavy atom. The molecule has 0 fully saturated rings. The fraction of sp³-hybridized carbons (Fsp3) is 0.900. The number of carbonyl (C=O) groups excluding carboxylic acids is 1. The van der Waals surface area contributed by atoms with Crippen LogP contribution >= 0.6 is 0 Å². The maximum absolute atomic E-state index is 11.4. The molecule has 1 atom stereocenters. The van der Waals surface area contributed by atoms with Crippen LogP contribution in [0.3, 0.4) is 0 Å². The van der Waals surface area contributed by atoms with Crippen LogP contribution in [0, 0.1) is 11.3 Å². The van der Waals surface area contributed by atoms with E-state index in [2.05, 4.69) is 0 Å². The molecule has 0 aliphatic rings. The van der Waals surface area contributed by atoms with E-state index in [1.165, 1.54) is 0 Å². The highest BCUT2D eigenvalue weighted by Crippen LogP contribution is 2.33. The lowest BCUT2D eigenvalue weighted by Gasteiger charge is -2.38. The smallest absolute Gasteiger partial charge is 0.135 e. The van der Waals surface area contributed by atoms with E-state index in [0.717, 1.165) is 0 Å². The molecule has 0 aromatic heterocycles. The molecular weight excluding hydrogens is 150 g/mol. The first-order chi connectivity index (χ1) is 5.07. The van der Waals surface area contributed by atoms with Gasteiger partial charge >= 0.3 is 0 Å². The van der Waals surface area contributed by atoms with Crippen LogP contribution in [0.2, 0.25) is 0 Å². The molecule has 0 rings (SSSR count). The third-order valence-corrected chi connectivity index (χ3v) is 2.02. The molecule has 1 unspecified atom stereocenters. The van der Waals surface area contributed by atoms with Gasteiger partial charge in [0.2, 0.25) is 0 Å². The van der Waals surface area contributed by atoms with Gasteiger partial charge in [0.15, 0.2) is 0 Å². The van der Waals surface area contributed by atoms with Gasteiger partial charge in [0.1, 0.15) is 5.78 Å². The van der Waals surface area contributed by atoms with Gasteiger partial charge in [0.05, 0.1) is 0 Å². The molecule has 0 bridgehead atoms. The molecule has 0 heterocycles. The number of nitrogens with two attached hydrogens (primary N) is 1. The molecule has 0 aliphatic heterocycles. The highest BCUT2D eigenvalue weighted by atomic mass is 16.1. The Morgan fingerprint density at radius 1 is 1.17 bits per heavy atom. The summed E-state index contributed by atoms with van der Waals surface area (Å²) in [7, 11) is 0. The van der Waals surface area contributed by atoms with E-state index in [1.54, 1.807) is 6.92 Å². The standard InChI is InChI=1S/C10H21NO/c1-7(12)8(9(2,3)4)10(5,6)11/h8H,11H2,1-6H3. The Labute approximate surface area is 75.5 Å². The topological polar surface area (TPSA) is 43.1 Å². The SMILES string of the molecule is CC(=O)C(C(C)(C)C)C(C)(C)N. The van der Waals surface area contributed by atoms with Crippen molar-refractivity contribution < 1.29 is 4.79 Å². The number of carbonyl (C=O) groups is 1. The van der Waals surface area contributed by atoms with Gasteiger partial charge < -0.3 is 5.73 Å². The van der Waals surface area contributed by atoms with E-state index >= 15 is 0 Å². The number of hydrogen-bond donors (Lipinski definition) is 1. The Bertz CT molecular complexity index is 157. The Kier molecular flexibility index (Phi) is 3.07. The lowest BCUT2D eigenvalue weighted by Crippen LogP contribution is -2.50. The van der Waals surface area contributed by atoms with Crippen LogP contribution in [-0.2, 0) is 4.79 Å². The summed E-state index contributed by atoms with van der Waals surface area (Å²) in [5.41, 5.74) is 5.47. The number of hydrogen-bond acceptors (Lipinski definition) is 2. The predicted octanol–water partition coefficient (Wildman–Crippen LogP) is 1.98. The van der Waals surface area contributed by atoms with Gasteiger partial charge in [-0.25, -0.2) is 0 Å². The third-order valence-electron chi connectivity index (χ3n) is 2.02. The Morgan fingerprint density at radius 3 is 1.50 bits per heavy atom. The second kappa shape index (κ2) is 3.17. The number of rotatable bonds is 2. The summed E-state index contributed by atoms with van der Waals surface area (Å²) < 4.78 is 0. The molecule has 0 spiro atoms. The van der Waals surface area contributed by atoms with E-state index in [1.807, 2.05) is 34.6 Å². The van der Waals surface area contributed by atoms with Gasteiger partial charge in [-0.1, -0.05) is 20.8 Å². The van der Waals surface area contributed by atoms with E-state index < -0.39 is 5.54 Å². The summed E-state index contributed by atoms with van der Waals surface area (Å²) in [6.45, 7) is 11.6. The summed E-state index contributed by atoms with van der Waals surface area (Å²) >= 11 is 0. The van der Waals surface area contributed by atoms with Crippen LogP contribution in [0.15, 0.2) is 0 Å². The quantitative estimate of drug-likeness (QED) is 0.690. The van der Waals surface area contributed by atoms with E-state index in [0.29, 0.717) is 0 Å². The molecule has 0 saturated carbocycles. The van der Waals surface area contributed by atoms with Crippen molar-refractivity contribution >= 4 is 5.78 Å². The maximum atomic E-state index is 11.4. The first-order valence-electron chi connectivity index (χ1n) is 4.36. The van der Waals surface area contributed by atoms with Crippen molar-refractivity contribution in [1.82, 2.24) is 0 Å². The summed E-state index contributed by atoms with van der Waals surface area (Å²) in [6.07, 6.45) is 0. The molecule has 2 heteroatoms. The second-order valence-electron chi connectivity index (χ2n) is 5.23. The van der Waals surface area contributed by atoms with Crippen molar-refractivity contribution in [2.45, 2.75) is 47.1 Å². The minimum Gasteiger partial charge on any atom is -0.325 e. The molecule has 2 nitrogen and oxygen atoms in total. The first kappa shape index (κ1) is 11.6. The van der Waals surface area contributed by atoms with Crippen molar-refractivity contribution in [3.8, 4) is 0 Å². The zero-order valence-electron chi connectivity index (χ0n) is 9.06. The largest absolute Gasteiger partial charge is 0.325 e. The summed E-state index contributed by atoms with van der Waals surface area (Å²) in [6, 6.07) is 0. The molecule has 72 valence electrons. The lowest BCUT2D eigenvalue weighted by molar-refractivity contribution is -0.126. The highest BCUT2D eigenvalue weighted by molar-refractivity contribution is 5.80. The third kappa shape index (κ3) is 2.94. The van der Waals surface area contributed by atoms with Crippen molar-refractivity contribution in [1.29, 1.82) is 0 Å². The maximum Gasteiger partial charge on any atom is 0.135 e. The Balaban J connectivity index is 4.82. The Hall–Kier alpha value is -0.370. The fourth-order valence-corrected chi connectivity index (χ4v) is 2.25. The van der Waals surface area contributed by atoms with E-state index in [-0.39, 0.29) is 17.1 Å². The molecule has 2 N–H and O–H groups in total. The van der Waals surface area contributed by atoms with Gasteiger partial charge in [0, 0.05) is 11.5 Å². The molecule has 0 amide bonds. The molecule has 0 aromatic carbocycles. The fourth-order valence-electron chi connectivity index (χ4n) is 2.25. The minimum absolute atomic E-state index is 0.0515.